The number of ether oxygens (including phenoxy) is 1. The molecule has 0 unspecified atom stereocenters. The Kier molecular flexibility index (Phi) is 7.60. The number of anilines is 1. The molecular formula is C19H24ClN5O4. The van der Waals surface area contributed by atoms with Crippen LogP contribution in [0.15, 0.2) is 36.5 Å². The summed E-state index contributed by atoms with van der Waals surface area (Å²) >= 11 is 5.87. The zero-order valence-corrected chi connectivity index (χ0v) is 17.1. The van der Waals surface area contributed by atoms with Gasteiger partial charge in [-0.1, -0.05) is 23.7 Å². The Balaban J connectivity index is 1.99. The van der Waals surface area contributed by atoms with Gasteiger partial charge in [0.15, 0.2) is 6.10 Å². The molecule has 2 atom stereocenters. The van der Waals surface area contributed by atoms with Gasteiger partial charge in [-0.2, -0.15) is 5.10 Å². The van der Waals surface area contributed by atoms with E-state index in [-0.39, 0.29) is 12.5 Å². The fraction of sp³-hybridized carbons (Fsp3) is 0.368. The molecule has 0 saturated carbocycles. The number of urea groups is 1. The van der Waals surface area contributed by atoms with Crippen LogP contribution < -0.4 is 16.4 Å². The van der Waals surface area contributed by atoms with Gasteiger partial charge in [0, 0.05) is 17.1 Å². The second kappa shape index (κ2) is 9.92. The molecule has 0 bridgehead atoms. The number of nitrogens with zero attached hydrogens (tertiary/aromatic N) is 2. The maximum Gasteiger partial charge on any atom is 0.312 e. The largest absolute Gasteiger partial charge is 0.452 e. The molecule has 3 amide bonds. The van der Waals surface area contributed by atoms with Crippen LogP contribution in [0.3, 0.4) is 0 Å². The van der Waals surface area contributed by atoms with Crippen molar-refractivity contribution in [3.8, 4) is 0 Å². The number of hydrogen-bond donors (Lipinski definition) is 3. The van der Waals surface area contributed by atoms with E-state index in [9.17, 15) is 14.4 Å². The molecule has 10 heteroatoms. The number of primary amides is 1. The van der Waals surface area contributed by atoms with Crippen LogP contribution in [0.5, 0.6) is 0 Å². The van der Waals surface area contributed by atoms with Gasteiger partial charge in [0.2, 0.25) is 0 Å². The van der Waals surface area contributed by atoms with Crippen molar-refractivity contribution in [2.75, 3.05) is 5.32 Å². The average Bonchev–Trinajstić information content (AvgIpc) is 3.09. The van der Waals surface area contributed by atoms with E-state index in [1.165, 1.54) is 6.92 Å². The zero-order valence-electron chi connectivity index (χ0n) is 16.4. The summed E-state index contributed by atoms with van der Waals surface area (Å²) in [6.07, 6.45) is 0.322. The van der Waals surface area contributed by atoms with Gasteiger partial charge < -0.3 is 21.1 Å². The Morgan fingerprint density at radius 1 is 1.17 bits per heavy atom. The van der Waals surface area contributed by atoms with Crippen molar-refractivity contribution in [1.29, 1.82) is 0 Å². The molecule has 0 spiro atoms. The highest BCUT2D eigenvalue weighted by Gasteiger charge is 2.23. The lowest BCUT2D eigenvalue weighted by molar-refractivity contribution is -0.153. The fourth-order valence-electron chi connectivity index (χ4n) is 2.64. The van der Waals surface area contributed by atoms with Crippen LogP contribution in [-0.4, -0.2) is 33.8 Å². The Bertz CT molecular complexity index is 866. The highest BCUT2D eigenvalue weighted by molar-refractivity contribution is 6.30. The van der Waals surface area contributed by atoms with Crippen LogP contribution >= 0.6 is 11.6 Å². The summed E-state index contributed by atoms with van der Waals surface area (Å²) in [5, 5.41) is 9.81. The molecule has 9 nitrogen and oxygen atoms in total. The normalized spacial score (nSPS) is 12.9. The number of benzene rings is 1. The minimum absolute atomic E-state index is 0.0539. The molecule has 1 aromatic carbocycles. The first-order valence-electron chi connectivity index (χ1n) is 9.02. The number of carbonyl (C=O) groups excluding carboxylic acids is 3. The summed E-state index contributed by atoms with van der Waals surface area (Å²) < 4.78 is 6.86. The average molecular weight is 422 g/mol. The molecule has 0 aliphatic rings. The number of esters is 1. The SMILES string of the molecule is CC(C)n1nccc1NC(=O)[C@@H](C)OC(=O)C[C@H](NC(N)=O)c1ccc(Cl)cc1. The molecule has 2 rings (SSSR count). The van der Waals surface area contributed by atoms with Crippen molar-refractivity contribution in [1.82, 2.24) is 15.1 Å². The number of aromatic nitrogens is 2. The van der Waals surface area contributed by atoms with Crippen molar-refractivity contribution < 1.29 is 19.1 Å². The maximum atomic E-state index is 12.4. The van der Waals surface area contributed by atoms with Crippen LogP contribution in [0.2, 0.25) is 5.02 Å². The van der Waals surface area contributed by atoms with Gasteiger partial charge in [0.25, 0.3) is 5.91 Å². The number of halogens is 1. The first-order chi connectivity index (χ1) is 13.7. The monoisotopic (exact) mass is 421 g/mol. The highest BCUT2D eigenvalue weighted by atomic mass is 35.5. The molecule has 0 aliphatic carbocycles. The second-order valence-electron chi connectivity index (χ2n) is 6.69. The minimum Gasteiger partial charge on any atom is -0.452 e. The maximum absolute atomic E-state index is 12.4. The van der Waals surface area contributed by atoms with Crippen molar-refractivity contribution >= 4 is 35.3 Å². The quantitative estimate of drug-likeness (QED) is 0.564. The summed E-state index contributed by atoms with van der Waals surface area (Å²) in [7, 11) is 0. The first-order valence-corrected chi connectivity index (χ1v) is 9.40. The fourth-order valence-corrected chi connectivity index (χ4v) is 2.76. The van der Waals surface area contributed by atoms with Crippen molar-refractivity contribution in [3.63, 3.8) is 0 Å². The molecule has 2 aromatic rings. The van der Waals surface area contributed by atoms with Crippen LogP contribution in [0.1, 0.15) is 44.8 Å². The van der Waals surface area contributed by atoms with E-state index < -0.39 is 30.1 Å². The van der Waals surface area contributed by atoms with Gasteiger partial charge in [0.05, 0.1) is 18.7 Å². The van der Waals surface area contributed by atoms with E-state index in [2.05, 4.69) is 15.7 Å². The van der Waals surface area contributed by atoms with Crippen molar-refractivity contribution in [2.45, 2.75) is 45.4 Å². The number of amides is 3. The third kappa shape index (κ3) is 6.49. The standard InChI is InChI=1S/C19H24ClN5O4/c1-11(2)25-16(8-9-22-25)24-18(27)12(3)29-17(26)10-15(23-19(21)28)13-4-6-14(20)7-5-13/h4-9,11-12,15H,10H2,1-3H3,(H,24,27)(H3,21,23,28)/t12-,15+/m1/s1. The molecule has 4 N–H and O–H groups in total. The Hall–Kier alpha value is -3.07. The van der Waals surface area contributed by atoms with Crippen molar-refractivity contribution in [3.05, 3.63) is 47.1 Å². The number of hydrogen-bond acceptors (Lipinski definition) is 5. The van der Waals surface area contributed by atoms with Crippen LogP contribution in [0.4, 0.5) is 10.6 Å². The van der Waals surface area contributed by atoms with Gasteiger partial charge in [-0.15, -0.1) is 0 Å². The lowest BCUT2D eigenvalue weighted by Gasteiger charge is -2.19. The molecule has 0 saturated heterocycles. The molecule has 0 aliphatic heterocycles. The molecule has 0 radical (unpaired) electrons. The van der Waals surface area contributed by atoms with E-state index in [1.54, 1.807) is 41.2 Å². The molecule has 29 heavy (non-hydrogen) atoms. The van der Waals surface area contributed by atoms with Crippen LogP contribution in [0, 0.1) is 0 Å². The third-order valence-electron chi connectivity index (χ3n) is 4.05. The van der Waals surface area contributed by atoms with Crippen LogP contribution in [0.25, 0.3) is 0 Å². The lowest BCUT2D eigenvalue weighted by atomic mass is 10.0. The molecule has 1 heterocycles. The van der Waals surface area contributed by atoms with Crippen LogP contribution in [-0.2, 0) is 14.3 Å². The smallest absolute Gasteiger partial charge is 0.312 e. The summed E-state index contributed by atoms with van der Waals surface area (Å²) in [6, 6.07) is 6.80. The summed E-state index contributed by atoms with van der Waals surface area (Å²) in [6.45, 7) is 5.31. The van der Waals surface area contributed by atoms with Gasteiger partial charge in [0.1, 0.15) is 5.82 Å². The number of rotatable bonds is 8. The van der Waals surface area contributed by atoms with Crippen molar-refractivity contribution in [2.24, 2.45) is 5.73 Å². The van der Waals surface area contributed by atoms with E-state index in [0.29, 0.717) is 16.4 Å². The van der Waals surface area contributed by atoms with Gasteiger partial charge in [-0.3, -0.25) is 9.59 Å². The Morgan fingerprint density at radius 2 is 1.83 bits per heavy atom. The Morgan fingerprint density at radius 3 is 2.41 bits per heavy atom. The summed E-state index contributed by atoms with van der Waals surface area (Å²) in [5.74, 6) is -0.660. The van der Waals surface area contributed by atoms with E-state index in [4.69, 9.17) is 22.1 Å². The van der Waals surface area contributed by atoms with E-state index >= 15 is 0 Å². The predicted molar refractivity (Wildman–Crippen MR) is 108 cm³/mol. The number of carbonyl (C=O) groups is 3. The highest BCUT2D eigenvalue weighted by Crippen LogP contribution is 2.20. The third-order valence-corrected chi connectivity index (χ3v) is 4.30. The number of nitrogens with one attached hydrogen (secondary N) is 2. The predicted octanol–water partition coefficient (Wildman–Crippen LogP) is 2.79. The van der Waals surface area contributed by atoms with E-state index in [1.807, 2.05) is 13.8 Å². The molecule has 1 aromatic heterocycles. The van der Waals surface area contributed by atoms with Gasteiger partial charge in [-0.05, 0) is 38.5 Å². The van der Waals surface area contributed by atoms with E-state index in [0.717, 1.165) is 0 Å². The second-order valence-corrected chi connectivity index (χ2v) is 7.13. The topological polar surface area (TPSA) is 128 Å². The number of nitrogens with two attached hydrogens (primary N) is 1. The first kappa shape index (κ1) is 22.2. The molecular weight excluding hydrogens is 398 g/mol. The Labute approximate surface area is 173 Å². The van der Waals surface area contributed by atoms with Gasteiger partial charge in [-0.25, -0.2) is 9.48 Å². The van der Waals surface area contributed by atoms with Gasteiger partial charge >= 0.3 is 12.0 Å². The summed E-state index contributed by atoms with van der Waals surface area (Å²) in [4.78, 5) is 36.0. The summed E-state index contributed by atoms with van der Waals surface area (Å²) in [5.41, 5.74) is 5.83. The lowest BCUT2D eigenvalue weighted by Crippen LogP contribution is -2.36. The minimum atomic E-state index is -1.04. The molecule has 156 valence electrons. The molecule has 0 fully saturated rings. The zero-order chi connectivity index (χ0) is 21.6.